The fourth-order valence-corrected chi connectivity index (χ4v) is 3.21. The maximum Gasteiger partial charge on any atom is 0.237 e. The molecule has 1 saturated heterocycles. The molecule has 0 aromatic rings. The molecule has 0 aromatic heterocycles. The molecule has 2 aliphatic rings. The van der Waals surface area contributed by atoms with Crippen molar-refractivity contribution < 1.29 is 4.79 Å². The molecule has 0 spiro atoms. The number of likely N-dealkylation sites (N-methyl/N-ethyl adjacent to an activating group) is 1. The van der Waals surface area contributed by atoms with Crippen molar-refractivity contribution in [1.82, 2.24) is 15.1 Å². The minimum Gasteiger partial charge on any atom is -0.325 e. The Balaban J connectivity index is 1.82. The molecule has 0 bridgehead atoms. The average molecular weight is 253 g/mol. The third-order valence-electron chi connectivity index (χ3n) is 4.39. The van der Waals surface area contributed by atoms with E-state index in [1.54, 1.807) is 0 Å². The molecule has 18 heavy (non-hydrogen) atoms. The van der Waals surface area contributed by atoms with Gasteiger partial charge in [0.2, 0.25) is 5.91 Å². The summed E-state index contributed by atoms with van der Waals surface area (Å²) < 4.78 is 0. The Labute approximate surface area is 111 Å². The van der Waals surface area contributed by atoms with Gasteiger partial charge in [-0.05, 0) is 25.8 Å². The van der Waals surface area contributed by atoms with Crippen molar-refractivity contribution in [2.24, 2.45) is 5.92 Å². The first-order valence-electron chi connectivity index (χ1n) is 7.32. The summed E-state index contributed by atoms with van der Waals surface area (Å²) in [7, 11) is 2.20. The highest BCUT2D eigenvalue weighted by molar-refractivity contribution is 5.80. The van der Waals surface area contributed by atoms with Crippen LogP contribution in [0.4, 0.5) is 0 Å². The Kier molecular flexibility index (Phi) is 4.62. The summed E-state index contributed by atoms with van der Waals surface area (Å²) >= 11 is 0. The van der Waals surface area contributed by atoms with Crippen molar-refractivity contribution in [2.75, 3.05) is 26.7 Å². The molecule has 1 aliphatic heterocycles. The molecule has 2 fully saturated rings. The molecule has 0 aromatic carbocycles. The molecule has 1 amide bonds. The largest absolute Gasteiger partial charge is 0.325 e. The van der Waals surface area contributed by atoms with Crippen LogP contribution in [0.25, 0.3) is 0 Å². The lowest BCUT2D eigenvalue weighted by Gasteiger charge is -2.31. The van der Waals surface area contributed by atoms with Gasteiger partial charge in [-0.15, -0.1) is 0 Å². The van der Waals surface area contributed by atoms with Crippen LogP contribution in [-0.4, -0.2) is 54.6 Å². The molecule has 1 saturated carbocycles. The van der Waals surface area contributed by atoms with Gasteiger partial charge in [-0.1, -0.05) is 26.7 Å². The second-order valence-electron chi connectivity index (χ2n) is 6.08. The summed E-state index contributed by atoms with van der Waals surface area (Å²) in [4.78, 5) is 16.3. The van der Waals surface area contributed by atoms with Crippen molar-refractivity contribution in [3.63, 3.8) is 0 Å². The van der Waals surface area contributed by atoms with Crippen LogP contribution in [0, 0.1) is 5.92 Å². The van der Waals surface area contributed by atoms with E-state index in [0.717, 1.165) is 19.1 Å². The van der Waals surface area contributed by atoms with Gasteiger partial charge in [0, 0.05) is 19.1 Å². The van der Waals surface area contributed by atoms with Gasteiger partial charge in [0.15, 0.2) is 0 Å². The summed E-state index contributed by atoms with van der Waals surface area (Å²) in [6.45, 7) is 6.72. The molecule has 1 atom stereocenters. The highest BCUT2D eigenvalue weighted by Gasteiger charge is 2.32. The van der Waals surface area contributed by atoms with E-state index in [0.29, 0.717) is 12.5 Å². The van der Waals surface area contributed by atoms with Gasteiger partial charge in [0.1, 0.15) is 0 Å². The molecule has 0 radical (unpaired) electrons. The summed E-state index contributed by atoms with van der Waals surface area (Å²) in [5.74, 6) is 0.738. The average Bonchev–Trinajstić information content (AvgIpc) is 2.95. The SMILES string of the molecule is CC(C)C1NCC(=O)N1CCN(C)C1CCCC1. The van der Waals surface area contributed by atoms with Crippen LogP contribution in [0.2, 0.25) is 0 Å². The number of carbonyl (C=O) groups is 1. The first-order valence-corrected chi connectivity index (χ1v) is 7.32. The number of nitrogens with zero attached hydrogens (tertiary/aromatic N) is 2. The van der Waals surface area contributed by atoms with E-state index in [1.165, 1.54) is 25.7 Å². The van der Waals surface area contributed by atoms with Gasteiger partial charge < -0.3 is 9.80 Å². The molecular weight excluding hydrogens is 226 g/mol. The van der Waals surface area contributed by atoms with E-state index in [1.807, 2.05) is 4.90 Å². The van der Waals surface area contributed by atoms with Gasteiger partial charge in [0.05, 0.1) is 12.7 Å². The van der Waals surface area contributed by atoms with Gasteiger partial charge >= 0.3 is 0 Å². The van der Waals surface area contributed by atoms with Crippen molar-refractivity contribution >= 4 is 5.91 Å². The Bertz CT molecular complexity index is 287. The Morgan fingerprint density at radius 2 is 2.06 bits per heavy atom. The molecule has 4 heteroatoms. The Morgan fingerprint density at radius 1 is 1.39 bits per heavy atom. The lowest BCUT2D eigenvalue weighted by atomic mass is 10.1. The van der Waals surface area contributed by atoms with E-state index in [-0.39, 0.29) is 12.1 Å². The zero-order chi connectivity index (χ0) is 13.1. The number of rotatable bonds is 5. The van der Waals surface area contributed by atoms with Gasteiger partial charge in [-0.2, -0.15) is 0 Å². The van der Waals surface area contributed by atoms with Crippen LogP contribution in [0.15, 0.2) is 0 Å². The Morgan fingerprint density at radius 3 is 2.67 bits per heavy atom. The molecule has 1 aliphatic carbocycles. The standard InChI is InChI=1S/C14H27N3O/c1-11(2)14-15-10-13(18)17(14)9-8-16(3)12-6-4-5-7-12/h11-12,14-15H,4-10H2,1-3H3. The number of amides is 1. The minimum atomic E-state index is 0.231. The fraction of sp³-hybridized carbons (Fsp3) is 0.929. The monoisotopic (exact) mass is 253 g/mol. The lowest BCUT2D eigenvalue weighted by Crippen LogP contribution is -2.45. The molecule has 2 rings (SSSR count). The smallest absolute Gasteiger partial charge is 0.237 e. The molecule has 1 unspecified atom stereocenters. The van der Waals surface area contributed by atoms with E-state index in [2.05, 4.69) is 31.1 Å². The maximum absolute atomic E-state index is 11.9. The maximum atomic E-state index is 11.9. The normalized spacial score (nSPS) is 25.9. The van der Waals surface area contributed by atoms with Crippen LogP contribution in [0.1, 0.15) is 39.5 Å². The number of carbonyl (C=O) groups excluding carboxylic acids is 1. The summed E-state index contributed by atoms with van der Waals surface area (Å²) in [5, 5.41) is 3.31. The van der Waals surface area contributed by atoms with E-state index in [4.69, 9.17) is 0 Å². The van der Waals surface area contributed by atoms with Crippen molar-refractivity contribution in [3.8, 4) is 0 Å². The highest BCUT2D eigenvalue weighted by atomic mass is 16.2. The molecule has 4 nitrogen and oxygen atoms in total. The van der Waals surface area contributed by atoms with Crippen molar-refractivity contribution in [1.29, 1.82) is 0 Å². The number of hydrogen-bond donors (Lipinski definition) is 1. The topological polar surface area (TPSA) is 35.6 Å². The summed E-state index contributed by atoms with van der Waals surface area (Å²) in [5.41, 5.74) is 0. The molecular formula is C14H27N3O. The number of nitrogens with one attached hydrogen (secondary N) is 1. The predicted octanol–water partition coefficient (Wildman–Crippen LogP) is 1.27. The molecule has 1 heterocycles. The van der Waals surface area contributed by atoms with E-state index < -0.39 is 0 Å². The van der Waals surface area contributed by atoms with Crippen molar-refractivity contribution in [3.05, 3.63) is 0 Å². The minimum absolute atomic E-state index is 0.231. The van der Waals surface area contributed by atoms with E-state index in [9.17, 15) is 4.79 Å². The zero-order valence-electron chi connectivity index (χ0n) is 12.0. The third-order valence-corrected chi connectivity index (χ3v) is 4.39. The molecule has 1 N–H and O–H groups in total. The summed E-state index contributed by atoms with van der Waals surface area (Å²) in [6, 6.07) is 0.744. The van der Waals surface area contributed by atoms with Crippen LogP contribution in [0.5, 0.6) is 0 Å². The quantitative estimate of drug-likeness (QED) is 0.801. The first-order chi connectivity index (χ1) is 8.59. The van der Waals surface area contributed by atoms with Gasteiger partial charge in [-0.3, -0.25) is 10.1 Å². The highest BCUT2D eigenvalue weighted by Crippen LogP contribution is 2.22. The Hall–Kier alpha value is -0.610. The third kappa shape index (κ3) is 3.04. The molecule has 104 valence electrons. The van der Waals surface area contributed by atoms with Crippen LogP contribution < -0.4 is 5.32 Å². The van der Waals surface area contributed by atoms with Gasteiger partial charge in [-0.25, -0.2) is 0 Å². The second-order valence-corrected chi connectivity index (χ2v) is 6.08. The summed E-state index contributed by atoms with van der Waals surface area (Å²) in [6.07, 6.45) is 5.63. The predicted molar refractivity (Wildman–Crippen MR) is 73.2 cm³/mol. The van der Waals surface area contributed by atoms with Crippen LogP contribution in [0.3, 0.4) is 0 Å². The lowest BCUT2D eigenvalue weighted by molar-refractivity contribution is -0.128. The van der Waals surface area contributed by atoms with Crippen LogP contribution >= 0.6 is 0 Å². The first kappa shape index (κ1) is 13.8. The fourth-order valence-electron chi connectivity index (χ4n) is 3.21. The zero-order valence-corrected chi connectivity index (χ0v) is 12.0. The van der Waals surface area contributed by atoms with E-state index >= 15 is 0 Å². The second kappa shape index (κ2) is 6.02. The van der Waals surface area contributed by atoms with Crippen molar-refractivity contribution in [2.45, 2.75) is 51.7 Å². The number of hydrogen-bond acceptors (Lipinski definition) is 3. The van der Waals surface area contributed by atoms with Crippen LogP contribution in [-0.2, 0) is 4.79 Å². The van der Waals surface area contributed by atoms with Gasteiger partial charge in [0.25, 0.3) is 0 Å².